The molecule has 1 heterocycles. The van der Waals surface area contributed by atoms with Crippen molar-refractivity contribution in [3.05, 3.63) is 84.4 Å². The topological polar surface area (TPSA) is 63.7 Å². The fourth-order valence-electron chi connectivity index (χ4n) is 3.95. The van der Waals surface area contributed by atoms with Crippen LogP contribution in [0.5, 0.6) is 5.75 Å². The summed E-state index contributed by atoms with van der Waals surface area (Å²) in [6, 6.07) is 24.1. The Kier molecular flexibility index (Phi) is 6.09. The highest BCUT2D eigenvalue weighted by molar-refractivity contribution is 7.92. The molecule has 1 saturated heterocycles. The van der Waals surface area contributed by atoms with E-state index < -0.39 is 15.1 Å². The number of likely N-dealkylation sites (tertiary alicyclic amines) is 1. The summed E-state index contributed by atoms with van der Waals surface area (Å²) in [6.07, 6.45) is 0.865. The van der Waals surface area contributed by atoms with Crippen LogP contribution in [0.25, 0.3) is 11.1 Å². The van der Waals surface area contributed by atoms with Gasteiger partial charge in [0.15, 0.2) is 9.84 Å². The summed E-state index contributed by atoms with van der Waals surface area (Å²) in [5.41, 5.74) is 2.78. The molecule has 0 aromatic heterocycles. The third-order valence-electron chi connectivity index (χ3n) is 5.79. The van der Waals surface area contributed by atoms with Crippen molar-refractivity contribution in [1.82, 2.24) is 4.90 Å². The second-order valence-corrected chi connectivity index (χ2v) is 9.88. The molecule has 0 atom stereocenters. The lowest BCUT2D eigenvalue weighted by Gasteiger charge is -2.32. The van der Waals surface area contributed by atoms with Crippen LogP contribution in [0.3, 0.4) is 0 Å². The van der Waals surface area contributed by atoms with Gasteiger partial charge in [0, 0.05) is 18.7 Å². The van der Waals surface area contributed by atoms with Crippen molar-refractivity contribution in [1.29, 1.82) is 0 Å². The molecule has 5 nitrogen and oxygen atoms in total. The number of hydrogen-bond donors (Lipinski definition) is 0. The summed E-state index contributed by atoms with van der Waals surface area (Å²) in [5.74, 6) is 0.567. The highest BCUT2D eigenvalue weighted by atomic mass is 32.2. The van der Waals surface area contributed by atoms with Crippen molar-refractivity contribution in [3.8, 4) is 16.9 Å². The van der Waals surface area contributed by atoms with Crippen LogP contribution in [0.15, 0.2) is 83.8 Å². The van der Waals surface area contributed by atoms with E-state index in [-0.39, 0.29) is 5.91 Å². The molecule has 1 aliphatic heterocycles. The molecule has 31 heavy (non-hydrogen) atoms. The van der Waals surface area contributed by atoms with E-state index in [1.165, 1.54) is 0 Å². The monoisotopic (exact) mass is 435 g/mol. The zero-order valence-electron chi connectivity index (χ0n) is 17.4. The summed E-state index contributed by atoms with van der Waals surface area (Å²) in [6.45, 7) is 0.860. The summed E-state index contributed by atoms with van der Waals surface area (Å²) >= 11 is 0. The zero-order valence-corrected chi connectivity index (χ0v) is 18.2. The Morgan fingerprint density at radius 2 is 1.42 bits per heavy atom. The lowest BCUT2D eigenvalue weighted by molar-refractivity contribution is 0.0725. The van der Waals surface area contributed by atoms with Gasteiger partial charge in [-0.05, 0) is 60.4 Å². The first kappa shape index (κ1) is 21.1. The molecule has 1 aliphatic rings. The van der Waals surface area contributed by atoms with E-state index in [0.29, 0.717) is 42.1 Å². The van der Waals surface area contributed by atoms with Gasteiger partial charge in [-0.25, -0.2) is 8.42 Å². The van der Waals surface area contributed by atoms with Crippen LogP contribution < -0.4 is 4.74 Å². The Labute approximate surface area is 183 Å². The van der Waals surface area contributed by atoms with Gasteiger partial charge in [-0.15, -0.1) is 0 Å². The second-order valence-electron chi connectivity index (χ2n) is 7.66. The Morgan fingerprint density at radius 1 is 0.839 bits per heavy atom. The minimum Gasteiger partial charge on any atom is -0.497 e. The third kappa shape index (κ3) is 4.49. The van der Waals surface area contributed by atoms with Crippen LogP contribution in [-0.4, -0.2) is 44.7 Å². The van der Waals surface area contributed by atoms with Gasteiger partial charge in [0.05, 0.1) is 17.3 Å². The molecular weight excluding hydrogens is 410 g/mol. The maximum atomic E-state index is 13.0. The van der Waals surface area contributed by atoms with Crippen molar-refractivity contribution < 1.29 is 17.9 Å². The molecule has 0 bridgehead atoms. The summed E-state index contributed by atoms with van der Waals surface area (Å²) in [4.78, 5) is 15.0. The first-order chi connectivity index (χ1) is 15.0. The molecule has 0 unspecified atom stereocenters. The number of carbonyl (C=O) groups is 1. The summed E-state index contributed by atoms with van der Waals surface area (Å²) in [5, 5.41) is -0.481. The lowest BCUT2D eigenvalue weighted by Crippen LogP contribution is -2.42. The number of rotatable bonds is 5. The van der Waals surface area contributed by atoms with Gasteiger partial charge in [0.25, 0.3) is 5.91 Å². The minimum atomic E-state index is -3.43. The smallest absolute Gasteiger partial charge is 0.253 e. The molecule has 6 heteroatoms. The molecule has 1 amide bonds. The van der Waals surface area contributed by atoms with Gasteiger partial charge >= 0.3 is 0 Å². The van der Waals surface area contributed by atoms with Crippen LogP contribution in [0.2, 0.25) is 0 Å². The SMILES string of the molecule is COc1ccc(S(=O)(=O)C2CCN(C(=O)c3ccc(-c4ccccc4)cc3)CC2)cc1. The summed E-state index contributed by atoms with van der Waals surface area (Å²) in [7, 11) is -1.88. The number of methoxy groups -OCH3 is 1. The Balaban J connectivity index is 1.40. The highest BCUT2D eigenvalue weighted by Gasteiger charge is 2.33. The number of hydrogen-bond acceptors (Lipinski definition) is 4. The van der Waals surface area contributed by atoms with Crippen molar-refractivity contribution in [2.24, 2.45) is 0 Å². The van der Waals surface area contributed by atoms with Gasteiger partial charge < -0.3 is 9.64 Å². The quantitative estimate of drug-likeness (QED) is 0.594. The maximum absolute atomic E-state index is 13.0. The van der Waals surface area contributed by atoms with Gasteiger partial charge in [0.1, 0.15) is 5.75 Å². The highest BCUT2D eigenvalue weighted by Crippen LogP contribution is 2.27. The molecule has 0 saturated carbocycles. The maximum Gasteiger partial charge on any atom is 0.253 e. The van der Waals surface area contributed by atoms with Gasteiger partial charge in [-0.2, -0.15) is 0 Å². The van der Waals surface area contributed by atoms with Gasteiger partial charge in [0.2, 0.25) is 0 Å². The number of sulfone groups is 1. The van der Waals surface area contributed by atoms with Crippen LogP contribution in [0.4, 0.5) is 0 Å². The van der Waals surface area contributed by atoms with E-state index in [1.807, 2.05) is 54.6 Å². The standard InChI is InChI=1S/C25H25NO4S/c1-30-22-11-13-23(14-12-22)31(28,29)24-15-17-26(18-16-24)25(27)21-9-7-20(8-10-21)19-5-3-2-4-6-19/h2-14,24H,15-18H2,1H3. The van der Waals surface area contributed by atoms with E-state index in [4.69, 9.17) is 4.74 Å². The van der Waals surface area contributed by atoms with Crippen LogP contribution in [0, 0.1) is 0 Å². The molecule has 3 aromatic carbocycles. The summed E-state index contributed by atoms with van der Waals surface area (Å²) < 4.78 is 31.0. The average Bonchev–Trinajstić information content (AvgIpc) is 2.84. The fraction of sp³-hybridized carbons (Fsp3) is 0.240. The van der Waals surface area contributed by atoms with Crippen LogP contribution in [0.1, 0.15) is 23.2 Å². The molecule has 0 spiro atoms. The van der Waals surface area contributed by atoms with Crippen molar-refractivity contribution >= 4 is 15.7 Å². The zero-order chi connectivity index (χ0) is 21.8. The first-order valence-electron chi connectivity index (χ1n) is 10.3. The minimum absolute atomic E-state index is 0.0556. The first-order valence-corrected chi connectivity index (χ1v) is 11.9. The number of ether oxygens (including phenoxy) is 1. The van der Waals surface area contributed by atoms with Crippen molar-refractivity contribution in [2.75, 3.05) is 20.2 Å². The second kappa shape index (κ2) is 8.94. The van der Waals surface area contributed by atoms with Gasteiger partial charge in [-0.3, -0.25) is 4.79 Å². The lowest BCUT2D eigenvalue weighted by atomic mass is 10.0. The molecular formula is C25H25NO4S. The fourth-order valence-corrected chi connectivity index (χ4v) is 5.68. The molecule has 0 aliphatic carbocycles. The Hall–Kier alpha value is -3.12. The third-order valence-corrected chi connectivity index (χ3v) is 8.07. The number of amides is 1. The van der Waals surface area contributed by atoms with E-state index in [0.717, 1.165) is 11.1 Å². The number of piperidine rings is 1. The Bertz CT molecular complexity index is 1130. The van der Waals surface area contributed by atoms with E-state index >= 15 is 0 Å². The molecule has 1 fully saturated rings. The van der Waals surface area contributed by atoms with Crippen LogP contribution in [-0.2, 0) is 9.84 Å². The van der Waals surface area contributed by atoms with E-state index in [1.54, 1.807) is 36.3 Å². The molecule has 0 N–H and O–H groups in total. The molecule has 4 rings (SSSR count). The van der Waals surface area contributed by atoms with Gasteiger partial charge in [-0.1, -0.05) is 42.5 Å². The average molecular weight is 436 g/mol. The van der Waals surface area contributed by atoms with Crippen molar-refractivity contribution in [3.63, 3.8) is 0 Å². The molecule has 3 aromatic rings. The van der Waals surface area contributed by atoms with E-state index in [9.17, 15) is 13.2 Å². The largest absolute Gasteiger partial charge is 0.497 e. The predicted octanol–water partition coefficient (Wildman–Crippen LogP) is 4.44. The molecule has 0 radical (unpaired) electrons. The van der Waals surface area contributed by atoms with E-state index in [2.05, 4.69) is 0 Å². The normalized spacial score (nSPS) is 14.9. The van der Waals surface area contributed by atoms with Crippen LogP contribution >= 0.6 is 0 Å². The number of nitrogens with zero attached hydrogens (tertiary/aromatic N) is 1. The number of carbonyl (C=O) groups excluding carboxylic acids is 1. The predicted molar refractivity (Wildman–Crippen MR) is 121 cm³/mol. The Morgan fingerprint density at radius 3 is 2.00 bits per heavy atom. The molecule has 160 valence electrons. The van der Waals surface area contributed by atoms with Crippen molar-refractivity contribution in [2.45, 2.75) is 23.0 Å². The number of benzene rings is 3.